The van der Waals surface area contributed by atoms with Crippen LogP contribution >= 0.6 is 11.6 Å². The van der Waals surface area contributed by atoms with E-state index in [0.29, 0.717) is 6.61 Å². The van der Waals surface area contributed by atoms with Crippen molar-refractivity contribution in [2.24, 2.45) is 0 Å². The number of fused-ring (bicyclic) bond motifs is 1. The van der Waals surface area contributed by atoms with E-state index in [1.54, 1.807) is 7.11 Å². The number of anilines is 3. The average molecular weight is 387 g/mol. The molecular formula is C20H23ClN4O2. The lowest BCUT2D eigenvalue weighted by molar-refractivity contribution is 0.122. The van der Waals surface area contributed by atoms with Crippen LogP contribution in [0.4, 0.5) is 17.2 Å². The SMILES string of the molecule is COCc1nc2ccc(N3CCOCC3)cn2c1Nc1cccc(Cl)c1C. The lowest BCUT2D eigenvalue weighted by Gasteiger charge is -2.28. The van der Waals surface area contributed by atoms with E-state index in [9.17, 15) is 0 Å². The van der Waals surface area contributed by atoms with Gasteiger partial charge in [-0.25, -0.2) is 4.98 Å². The number of morpholine rings is 1. The van der Waals surface area contributed by atoms with Crippen LogP contribution < -0.4 is 10.2 Å². The number of nitrogens with zero attached hydrogens (tertiary/aromatic N) is 3. The van der Waals surface area contributed by atoms with E-state index < -0.39 is 0 Å². The van der Waals surface area contributed by atoms with Crippen LogP contribution in [0.3, 0.4) is 0 Å². The molecule has 0 atom stereocenters. The first-order valence-electron chi connectivity index (χ1n) is 9.02. The highest BCUT2D eigenvalue weighted by molar-refractivity contribution is 6.31. The van der Waals surface area contributed by atoms with Crippen molar-refractivity contribution >= 4 is 34.4 Å². The van der Waals surface area contributed by atoms with Crippen molar-refractivity contribution in [1.82, 2.24) is 9.38 Å². The third-order valence-corrected chi connectivity index (χ3v) is 5.26. The zero-order chi connectivity index (χ0) is 18.8. The molecule has 0 bridgehead atoms. The van der Waals surface area contributed by atoms with Gasteiger partial charge < -0.3 is 19.7 Å². The fourth-order valence-corrected chi connectivity index (χ4v) is 3.51. The van der Waals surface area contributed by atoms with E-state index in [2.05, 4.69) is 26.9 Å². The number of methoxy groups -OCH3 is 1. The molecule has 142 valence electrons. The molecule has 2 aromatic heterocycles. The molecule has 0 spiro atoms. The quantitative estimate of drug-likeness (QED) is 0.717. The molecule has 0 unspecified atom stereocenters. The third-order valence-electron chi connectivity index (χ3n) is 4.85. The molecule has 3 aromatic rings. The van der Waals surface area contributed by atoms with Crippen LogP contribution in [0, 0.1) is 6.92 Å². The number of hydrogen-bond acceptors (Lipinski definition) is 5. The lowest BCUT2D eigenvalue weighted by atomic mass is 10.2. The number of benzene rings is 1. The number of pyridine rings is 1. The van der Waals surface area contributed by atoms with Crippen molar-refractivity contribution in [2.75, 3.05) is 43.6 Å². The second-order valence-electron chi connectivity index (χ2n) is 6.59. The fraction of sp³-hybridized carbons (Fsp3) is 0.350. The Morgan fingerprint density at radius 1 is 1.22 bits per heavy atom. The molecule has 27 heavy (non-hydrogen) atoms. The summed E-state index contributed by atoms with van der Waals surface area (Å²) < 4.78 is 12.9. The zero-order valence-electron chi connectivity index (χ0n) is 15.5. The van der Waals surface area contributed by atoms with Gasteiger partial charge in [0.15, 0.2) is 0 Å². The van der Waals surface area contributed by atoms with E-state index in [-0.39, 0.29) is 0 Å². The van der Waals surface area contributed by atoms with Crippen LogP contribution in [0.1, 0.15) is 11.3 Å². The molecule has 1 N–H and O–H groups in total. The first-order valence-corrected chi connectivity index (χ1v) is 9.40. The molecule has 0 radical (unpaired) electrons. The van der Waals surface area contributed by atoms with Gasteiger partial charge in [-0.05, 0) is 36.8 Å². The largest absolute Gasteiger partial charge is 0.378 e. The van der Waals surface area contributed by atoms with Crippen molar-refractivity contribution in [3.05, 3.63) is 52.8 Å². The van der Waals surface area contributed by atoms with Gasteiger partial charge in [0.25, 0.3) is 0 Å². The highest BCUT2D eigenvalue weighted by Crippen LogP contribution is 2.30. The maximum Gasteiger partial charge on any atom is 0.140 e. The van der Waals surface area contributed by atoms with Gasteiger partial charge in [-0.15, -0.1) is 0 Å². The van der Waals surface area contributed by atoms with Crippen LogP contribution in [-0.2, 0) is 16.1 Å². The van der Waals surface area contributed by atoms with Gasteiger partial charge in [-0.3, -0.25) is 4.40 Å². The Kier molecular flexibility index (Phi) is 5.20. The molecule has 3 heterocycles. The van der Waals surface area contributed by atoms with Crippen molar-refractivity contribution in [3.8, 4) is 0 Å². The number of ether oxygens (including phenoxy) is 2. The van der Waals surface area contributed by atoms with Crippen molar-refractivity contribution in [3.63, 3.8) is 0 Å². The van der Waals surface area contributed by atoms with Crippen molar-refractivity contribution < 1.29 is 9.47 Å². The molecular weight excluding hydrogens is 364 g/mol. The van der Waals surface area contributed by atoms with Gasteiger partial charge in [0.2, 0.25) is 0 Å². The predicted molar refractivity (Wildman–Crippen MR) is 108 cm³/mol. The topological polar surface area (TPSA) is 51.0 Å². The maximum atomic E-state index is 6.29. The number of imidazole rings is 1. The van der Waals surface area contributed by atoms with Crippen LogP contribution in [0.25, 0.3) is 5.65 Å². The summed E-state index contributed by atoms with van der Waals surface area (Å²) >= 11 is 6.29. The number of halogens is 1. The average Bonchev–Trinajstić information content (AvgIpc) is 3.03. The van der Waals surface area contributed by atoms with Gasteiger partial charge in [-0.2, -0.15) is 0 Å². The smallest absolute Gasteiger partial charge is 0.140 e. The summed E-state index contributed by atoms with van der Waals surface area (Å²) in [5.74, 6) is 0.896. The summed E-state index contributed by atoms with van der Waals surface area (Å²) in [6.07, 6.45) is 2.12. The first kappa shape index (κ1) is 18.1. The second kappa shape index (κ2) is 7.76. The van der Waals surface area contributed by atoms with Crippen LogP contribution in [0.5, 0.6) is 0 Å². The normalized spacial score (nSPS) is 14.7. The second-order valence-corrected chi connectivity index (χ2v) is 7.00. The molecule has 1 fully saturated rings. The summed E-state index contributed by atoms with van der Waals surface area (Å²) in [6.45, 7) is 5.72. The lowest BCUT2D eigenvalue weighted by Crippen LogP contribution is -2.36. The first-order chi connectivity index (χ1) is 13.2. The van der Waals surface area contributed by atoms with Gasteiger partial charge in [0, 0.05) is 37.1 Å². The Balaban J connectivity index is 1.77. The third kappa shape index (κ3) is 3.60. The molecule has 7 heteroatoms. The monoisotopic (exact) mass is 386 g/mol. The number of nitrogens with one attached hydrogen (secondary N) is 1. The molecule has 4 rings (SSSR count). The predicted octanol–water partition coefficient (Wildman–Crippen LogP) is 4.02. The zero-order valence-corrected chi connectivity index (χ0v) is 16.3. The highest BCUT2D eigenvalue weighted by Gasteiger charge is 2.17. The van der Waals surface area contributed by atoms with E-state index in [4.69, 9.17) is 26.1 Å². The Morgan fingerprint density at radius 3 is 2.81 bits per heavy atom. The minimum atomic E-state index is 0.427. The molecule has 0 amide bonds. The molecule has 6 nitrogen and oxygen atoms in total. The Labute approximate surface area is 163 Å². The summed E-state index contributed by atoms with van der Waals surface area (Å²) in [5.41, 5.74) is 4.84. The van der Waals surface area contributed by atoms with E-state index in [1.165, 1.54) is 0 Å². The minimum absolute atomic E-state index is 0.427. The molecule has 0 aliphatic carbocycles. The fourth-order valence-electron chi connectivity index (χ4n) is 3.33. The summed E-state index contributed by atoms with van der Waals surface area (Å²) in [6, 6.07) is 10.0. The van der Waals surface area contributed by atoms with Gasteiger partial charge in [0.05, 0.1) is 25.5 Å². The maximum absolute atomic E-state index is 6.29. The van der Waals surface area contributed by atoms with E-state index in [1.807, 2.05) is 31.2 Å². The minimum Gasteiger partial charge on any atom is -0.378 e. The molecule has 1 saturated heterocycles. The molecule has 1 aliphatic rings. The summed E-state index contributed by atoms with van der Waals surface area (Å²) in [7, 11) is 1.68. The molecule has 1 aromatic carbocycles. The number of aromatic nitrogens is 2. The van der Waals surface area contributed by atoms with Gasteiger partial charge >= 0.3 is 0 Å². The highest BCUT2D eigenvalue weighted by atomic mass is 35.5. The Bertz CT molecular complexity index is 951. The van der Waals surface area contributed by atoms with E-state index in [0.717, 1.165) is 65.4 Å². The van der Waals surface area contributed by atoms with Crippen LogP contribution in [0.2, 0.25) is 5.02 Å². The number of hydrogen-bond donors (Lipinski definition) is 1. The molecule has 0 saturated carbocycles. The standard InChI is InChI=1S/C20H23ClN4O2/c1-14-16(21)4-3-5-17(14)23-20-18(13-26-2)22-19-7-6-15(12-25(19)20)24-8-10-27-11-9-24/h3-7,12,23H,8-11,13H2,1-2H3. The number of rotatable bonds is 5. The Hall–Kier alpha value is -2.28. The van der Waals surface area contributed by atoms with Gasteiger partial charge in [-0.1, -0.05) is 17.7 Å². The van der Waals surface area contributed by atoms with E-state index >= 15 is 0 Å². The Morgan fingerprint density at radius 2 is 2.04 bits per heavy atom. The van der Waals surface area contributed by atoms with Crippen LogP contribution in [-0.4, -0.2) is 42.8 Å². The summed E-state index contributed by atoms with van der Waals surface area (Å²) in [5, 5.41) is 4.24. The summed E-state index contributed by atoms with van der Waals surface area (Å²) in [4.78, 5) is 7.06. The van der Waals surface area contributed by atoms with Crippen molar-refractivity contribution in [2.45, 2.75) is 13.5 Å². The van der Waals surface area contributed by atoms with Crippen LogP contribution in [0.15, 0.2) is 36.5 Å². The van der Waals surface area contributed by atoms with Crippen molar-refractivity contribution in [1.29, 1.82) is 0 Å². The van der Waals surface area contributed by atoms with Gasteiger partial charge in [0.1, 0.15) is 17.2 Å². The molecule has 1 aliphatic heterocycles.